The van der Waals surface area contributed by atoms with Gasteiger partial charge in [-0.1, -0.05) is 0 Å². The van der Waals surface area contributed by atoms with Crippen molar-refractivity contribution in [3.8, 4) is 5.75 Å². The number of rotatable bonds is 6. The maximum absolute atomic E-state index is 11.0. The number of carbonyl (C=O) groups is 1. The molecule has 0 bridgehead atoms. The lowest BCUT2D eigenvalue weighted by Gasteiger charge is -2.05. The van der Waals surface area contributed by atoms with Crippen LogP contribution < -0.4 is 4.74 Å². The molecule has 1 rings (SSSR count). The molecule has 0 spiro atoms. The summed E-state index contributed by atoms with van der Waals surface area (Å²) >= 11 is 0. The molecular formula is C11H13ClO5S. The second-order valence-corrected chi connectivity index (χ2v) is 6.00. The predicted octanol–water partition coefficient (Wildman–Crippen LogP) is 1.95. The van der Waals surface area contributed by atoms with Gasteiger partial charge in [0.25, 0.3) is 9.05 Å². The van der Waals surface area contributed by atoms with E-state index in [1.54, 1.807) is 0 Å². The SMILES string of the molecule is COC(=O)CCCOc1ccc(S(=O)(=O)Cl)cc1. The van der Waals surface area contributed by atoms with Gasteiger partial charge >= 0.3 is 5.97 Å². The van der Waals surface area contributed by atoms with Crippen LogP contribution in [0.15, 0.2) is 29.2 Å². The van der Waals surface area contributed by atoms with Crippen LogP contribution >= 0.6 is 10.7 Å². The molecule has 0 fully saturated rings. The van der Waals surface area contributed by atoms with Gasteiger partial charge in [0.2, 0.25) is 0 Å². The first kappa shape index (κ1) is 14.8. The van der Waals surface area contributed by atoms with E-state index in [4.69, 9.17) is 15.4 Å². The average molecular weight is 293 g/mol. The summed E-state index contributed by atoms with van der Waals surface area (Å²) in [6.45, 7) is 0.349. The molecule has 0 unspecified atom stereocenters. The highest BCUT2D eigenvalue weighted by molar-refractivity contribution is 8.13. The van der Waals surface area contributed by atoms with Crippen molar-refractivity contribution in [3.05, 3.63) is 24.3 Å². The van der Waals surface area contributed by atoms with E-state index in [9.17, 15) is 13.2 Å². The molecule has 7 heteroatoms. The number of hydrogen-bond donors (Lipinski definition) is 0. The maximum atomic E-state index is 11.0. The summed E-state index contributed by atoms with van der Waals surface area (Å²) in [5, 5.41) is 0. The summed E-state index contributed by atoms with van der Waals surface area (Å²) in [4.78, 5) is 10.8. The van der Waals surface area contributed by atoms with Gasteiger partial charge in [-0.25, -0.2) is 8.42 Å². The molecule has 0 aromatic heterocycles. The topological polar surface area (TPSA) is 69.7 Å². The minimum atomic E-state index is -3.70. The summed E-state index contributed by atoms with van der Waals surface area (Å²) in [6, 6.07) is 5.73. The van der Waals surface area contributed by atoms with Gasteiger partial charge in [-0.15, -0.1) is 0 Å². The number of halogens is 1. The number of ether oxygens (including phenoxy) is 2. The molecule has 0 radical (unpaired) electrons. The highest BCUT2D eigenvalue weighted by Crippen LogP contribution is 2.19. The van der Waals surface area contributed by atoms with Gasteiger partial charge in [-0.2, -0.15) is 0 Å². The van der Waals surface area contributed by atoms with E-state index in [0.717, 1.165) is 0 Å². The third-order valence-corrected chi connectivity index (χ3v) is 3.50. The first-order valence-corrected chi connectivity index (χ1v) is 7.49. The minimum absolute atomic E-state index is 0.0195. The highest BCUT2D eigenvalue weighted by Gasteiger charge is 2.09. The quantitative estimate of drug-likeness (QED) is 0.455. The van der Waals surface area contributed by atoms with Gasteiger partial charge in [0, 0.05) is 17.1 Å². The van der Waals surface area contributed by atoms with Crippen LogP contribution in [0.2, 0.25) is 0 Å². The van der Waals surface area contributed by atoms with Gasteiger partial charge in [0.1, 0.15) is 5.75 Å². The fraction of sp³-hybridized carbons (Fsp3) is 0.364. The van der Waals surface area contributed by atoms with E-state index in [-0.39, 0.29) is 17.3 Å². The largest absolute Gasteiger partial charge is 0.494 e. The molecule has 100 valence electrons. The zero-order chi connectivity index (χ0) is 13.6. The van der Waals surface area contributed by atoms with E-state index >= 15 is 0 Å². The predicted molar refractivity (Wildman–Crippen MR) is 66.2 cm³/mol. The second kappa shape index (κ2) is 6.61. The van der Waals surface area contributed by atoms with E-state index in [2.05, 4.69) is 4.74 Å². The van der Waals surface area contributed by atoms with Gasteiger partial charge in [-0.05, 0) is 30.7 Å². The van der Waals surface area contributed by atoms with Crippen LogP contribution in [0, 0.1) is 0 Å². The zero-order valence-corrected chi connectivity index (χ0v) is 11.3. The Hall–Kier alpha value is -1.27. The van der Waals surface area contributed by atoms with E-state index in [0.29, 0.717) is 18.8 Å². The number of carbonyl (C=O) groups excluding carboxylic acids is 1. The molecule has 5 nitrogen and oxygen atoms in total. The normalized spacial score (nSPS) is 11.0. The van der Waals surface area contributed by atoms with E-state index in [1.165, 1.54) is 31.4 Å². The number of esters is 1. The average Bonchev–Trinajstić information content (AvgIpc) is 2.33. The van der Waals surface area contributed by atoms with Crippen molar-refractivity contribution < 1.29 is 22.7 Å². The Labute approximate surface area is 110 Å². The van der Waals surface area contributed by atoms with E-state index < -0.39 is 9.05 Å². The Morgan fingerprint density at radius 1 is 1.28 bits per heavy atom. The Bertz CT molecular complexity index is 495. The molecule has 1 aromatic carbocycles. The summed E-state index contributed by atoms with van der Waals surface area (Å²) in [7, 11) is 2.79. The molecule has 1 aromatic rings. The van der Waals surface area contributed by atoms with Crippen molar-refractivity contribution in [2.45, 2.75) is 17.7 Å². The molecule has 0 aliphatic heterocycles. The first-order valence-electron chi connectivity index (χ1n) is 5.18. The summed E-state index contributed by atoms with van der Waals surface area (Å²) in [5.74, 6) is 0.228. The van der Waals surface area contributed by atoms with Gasteiger partial charge in [0.05, 0.1) is 18.6 Å². The molecule has 0 heterocycles. The summed E-state index contributed by atoms with van der Waals surface area (Å²) in [6.07, 6.45) is 0.812. The molecule has 0 aliphatic rings. The van der Waals surface area contributed by atoms with Crippen molar-refractivity contribution in [3.63, 3.8) is 0 Å². The highest BCUT2D eigenvalue weighted by atomic mass is 35.7. The van der Waals surface area contributed by atoms with Crippen LogP contribution in [-0.4, -0.2) is 28.1 Å². The zero-order valence-electron chi connectivity index (χ0n) is 9.76. The van der Waals surface area contributed by atoms with Crippen LogP contribution in [0.3, 0.4) is 0 Å². The molecule has 0 atom stereocenters. The van der Waals surface area contributed by atoms with Crippen molar-refractivity contribution in [1.82, 2.24) is 0 Å². The molecular weight excluding hydrogens is 280 g/mol. The molecule has 0 amide bonds. The van der Waals surface area contributed by atoms with Crippen LogP contribution in [0.1, 0.15) is 12.8 Å². The molecule has 0 aliphatic carbocycles. The minimum Gasteiger partial charge on any atom is -0.494 e. The van der Waals surface area contributed by atoms with Crippen LogP contribution in [0.25, 0.3) is 0 Å². The van der Waals surface area contributed by atoms with Crippen molar-refractivity contribution in [1.29, 1.82) is 0 Å². The number of methoxy groups -OCH3 is 1. The Kier molecular flexibility index (Phi) is 5.43. The summed E-state index contributed by atoms with van der Waals surface area (Å²) < 4.78 is 31.8. The fourth-order valence-corrected chi connectivity index (χ4v) is 1.98. The standard InChI is InChI=1S/C11H13ClO5S/c1-16-11(13)3-2-8-17-9-4-6-10(7-5-9)18(12,14)15/h4-7H,2-3,8H2,1H3. The third kappa shape index (κ3) is 4.93. The lowest BCUT2D eigenvalue weighted by molar-refractivity contribution is -0.140. The molecule has 0 saturated carbocycles. The molecule has 0 N–H and O–H groups in total. The monoisotopic (exact) mass is 292 g/mol. The van der Waals surface area contributed by atoms with Crippen molar-refractivity contribution >= 4 is 25.7 Å². The Morgan fingerprint density at radius 3 is 2.39 bits per heavy atom. The fourth-order valence-electron chi connectivity index (χ4n) is 1.21. The van der Waals surface area contributed by atoms with Crippen LogP contribution in [-0.2, 0) is 18.6 Å². The smallest absolute Gasteiger partial charge is 0.305 e. The van der Waals surface area contributed by atoms with E-state index in [1.807, 2.05) is 0 Å². The van der Waals surface area contributed by atoms with Crippen LogP contribution in [0.5, 0.6) is 5.75 Å². The first-order chi connectivity index (χ1) is 8.43. The van der Waals surface area contributed by atoms with Gasteiger partial charge in [-0.3, -0.25) is 4.79 Å². The number of benzene rings is 1. The third-order valence-electron chi connectivity index (χ3n) is 2.13. The Balaban J connectivity index is 2.43. The lowest BCUT2D eigenvalue weighted by atomic mass is 10.3. The van der Waals surface area contributed by atoms with Crippen LogP contribution in [0.4, 0.5) is 0 Å². The van der Waals surface area contributed by atoms with Gasteiger partial charge in [0.15, 0.2) is 0 Å². The Morgan fingerprint density at radius 2 is 1.89 bits per heavy atom. The van der Waals surface area contributed by atoms with Crippen molar-refractivity contribution in [2.75, 3.05) is 13.7 Å². The summed E-state index contributed by atoms with van der Waals surface area (Å²) in [5.41, 5.74) is 0. The molecule has 0 saturated heterocycles. The van der Waals surface area contributed by atoms with Gasteiger partial charge < -0.3 is 9.47 Å². The second-order valence-electron chi connectivity index (χ2n) is 3.44. The molecule has 18 heavy (non-hydrogen) atoms. The lowest BCUT2D eigenvalue weighted by Crippen LogP contribution is -2.04. The van der Waals surface area contributed by atoms with Crippen molar-refractivity contribution in [2.24, 2.45) is 0 Å². The maximum Gasteiger partial charge on any atom is 0.305 e. The number of hydrogen-bond acceptors (Lipinski definition) is 5.